The van der Waals surface area contributed by atoms with Crippen LogP contribution in [0, 0.1) is 13.8 Å². The van der Waals surface area contributed by atoms with Crippen LogP contribution in [0.5, 0.6) is 5.88 Å². The average Bonchev–Trinajstić information content (AvgIpc) is 2.82. The van der Waals surface area contributed by atoms with E-state index in [1.165, 1.54) is 0 Å². The first-order valence-corrected chi connectivity index (χ1v) is 7.21. The molecule has 0 bridgehead atoms. The Labute approximate surface area is 133 Å². The molecule has 0 aliphatic rings. The van der Waals surface area contributed by atoms with E-state index in [4.69, 9.17) is 16.3 Å². The zero-order chi connectivity index (χ0) is 15.9. The molecule has 0 atom stereocenters. The number of nitrogens with zero attached hydrogens (tertiary/aromatic N) is 2. The molecule has 2 aromatic rings. The first-order valence-electron chi connectivity index (χ1n) is 6.83. The van der Waals surface area contributed by atoms with Gasteiger partial charge in [0.25, 0.3) is 0 Å². The molecule has 0 saturated carbocycles. The number of pyridine rings is 1. The topological polar surface area (TPSA) is 91.9 Å². The predicted molar refractivity (Wildman–Crippen MR) is 83.0 cm³/mol. The molecule has 0 saturated heterocycles. The van der Waals surface area contributed by atoms with Gasteiger partial charge in [0.2, 0.25) is 5.88 Å². The first kappa shape index (κ1) is 16.1. The van der Waals surface area contributed by atoms with E-state index in [1.807, 2.05) is 13.8 Å². The van der Waals surface area contributed by atoms with E-state index in [2.05, 4.69) is 25.8 Å². The van der Waals surface area contributed by atoms with Crippen molar-refractivity contribution in [3.8, 4) is 5.88 Å². The second-order valence-electron chi connectivity index (χ2n) is 4.66. The molecule has 3 N–H and O–H groups in total. The Bertz CT molecular complexity index is 624. The molecule has 0 radical (unpaired) electrons. The summed E-state index contributed by atoms with van der Waals surface area (Å²) in [6.07, 6.45) is 1.59. The van der Waals surface area contributed by atoms with Gasteiger partial charge in [-0.15, -0.1) is 0 Å². The number of aromatic nitrogens is 3. The number of hydrogen-bond donors (Lipinski definition) is 3. The van der Waals surface area contributed by atoms with E-state index in [9.17, 15) is 4.79 Å². The number of nitrogens with one attached hydrogen (secondary N) is 3. The Morgan fingerprint density at radius 3 is 2.91 bits per heavy atom. The van der Waals surface area contributed by atoms with Gasteiger partial charge in [-0.05, 0) is 26.0 Å². The lowest BCUT2D eigenvalue weighted by molar-refractivity contribution is 0.235. The van der Waals surface area contributed by atoms with Crippen LogP contribution < -0.4 is 15.4 Å². The van der Waals surface area contributed by atoms with Gasteiger partial charge >= 0.3 is 6.03 Å². The molecule has 2 amide bonds. The highest BCUT2D eigenvalue weighted by Crippen LogP contribution is 2.19. The Balaban J connectivity index is 1.67. The number of H-pyrrole nitrogens is 1. The summed E-state index contributed by atoms with van der Waals surface area (Å²) in [4.78, 5) is 15.7. The summed E-state index contributed by atoms with van der Waals surface area (Å²) in [6.45, 7) is 4.87. The van der Waals surface area contributed by atoms with Gasteiger partial charge in [0.05, 0.1) is 12.2 Å². The van der Waals surface area contributed by atoms with Crippen molar-refractivity contribution in [1.29, 1.82) is 0 Å². The number of hydrogen-bond acceptors (Lipinski definition) is 4. The standard InChI is InChI=1S/C14H18ClN5O2/c1-9-11(10(2)20-19-9)8-18-14(21)17-6-7-22-13-12(15)4-3-5-16-13/h3-5H,6-8H2,1-2H3,(H,19,20)(H2,17,18,21). The number of carbonyl (C=O) groups excluding carboxylic acids is 1. The van der Waals surface area contributed by atoms with Crippen molar-refractivity contribution >= 4 is 17.6 Å². The molecule has 0 aliphatic heterocycles. The highest BCUT2D eigenvalue weighted by Gasteiger charge is 2.08. The molecule has 0 unspecified atom stereocenters. The number of aryl methyl sites for hydroxylation is 2. The van der Waals surface area contributed by atoms with Crippen LogP contribution in [0.25, 0.3) is 0 Å². The van der Waals surface area contributed by atoms with Crippen molar-refractivity contribution < 1.29 is 9.53 Å². The maximum atomic E-state index is 11.7. The van der Waals surface area contributed by atoms with Crippen molar-refractivity contribution in [3.05, 3.63) is 40.3 Å². The number of urea groups is 1. The number of ether oxygens (including phenoxy) is 1. The molecule has 2 rings (SSSR count). The van der Waals surface area contributed by atoms with E-state index in [1.54, 1.807) is 18.3 Å². The Kier molecular flexibility index (Phi) is 5.60. The van der Waals surface area contributed by atoms with Crippen molar-refractivity contribution in [2.24, 2.45) is 0 Å². The summed E-state index contributed by atoms with van der Waals surface area (Å²) >= 11 is 5.91. The molecule has 0 spiro atoms. The highest BCUT2D eigenvalue weighted by atomic mass is 35.5. The van der Waals surface area contributed by atoms with Gasteiger partial charge in [-0.25, -0.2) is 9.78 Å². The third-order valence-corrected chi connectivity index (χ3v) is 3.35. The third kappa shape index (κ3) is 4.36. The number of rotatable bonds is 6. The van der Waals surface area contributed by atoms with E-state index >= 15 is 0 Å². The van der Waals surface area contributed by atoms with E-state index < -0.39 is 0 Å². The largest absolute Gasteiger partial charge is 0.475 e. The summed E-state index contributed by atoms with van der Waals surface area (Å²) in [5.41, 5.74) is 2.82. The molecule has 118 valence electrons. The van der Waals surface area contributed by atoms with Gasteiger partial charge < -0.3 is 15.4 Å². The van der Waals surface area contributed by atoms with Crippen molar-refractivity contribution in [3.63, 3.8) is 0 Å². The molecule has 7 nitrogen and oxygen atoms in total. The van der Waals surface area contributed by atoms with Crippen LogP contribution in [0.4, 0.5) is 4.79 Å². The average molecular weight is 324 g/mol. The molecular formula is C14H18ClN5O2. The maximum absolute atomic E-state index is 11.7. The minimum absolute atomic E-state index is 0.268. The SMILES string of the molecule is Cc1n[nH]c(C)c1CNC(=O)NCCOc1ncccc1Cl. The monoisotopic (exact) mass is 323 g/mol. The second-order valence-corrected chi connectivity index (χ2v) is 5.07. The van der Waals surface area contributed by atoms with Crippen molar-refractivity contribution in [1.82, 2.24) is 25.8 Å². The van der Waals surface area contributed by atoms with E-state index in [0.29, 0.717) is 24.0 Å². The lowest BCUT2D eigenvalue weighted by Gasteiger charge is -2.09. The minimum atomic E-state index is -0.268. The van der Waals surface area contributed by atoms with Gasteiger partial charge in [-0.3, -0.25) is 5.10 Å². The quantitative estimate of drug-likeness (QED) is 0.708. The van der Waals surface area contributed by atoms with Crippen LogP contribution in [0.1, 0.15) is 17.0 Å². The molecule has 0 fully saturated rings. The summed E-state index contributed by atoms with van der Waals surface area (Å²) in [6, 6.07) is 3.15. The smallest absolute Gasteiger partial charge is 0.315 e. The van der Waals surface area contributed by atoms with Crippen molar-refractivity contribution in [2.75, 3.05) is 13.2 Å². The zero-order valence-electron chi connectivity index (χ0n) is 12.4. The van der Waals surface area contributed by atoms with Crippen LogP contribution in [0.3, 0.4) is 0 Å². The number of halogens is 1. The van der Waals surface area contributed by atoms with Gasteiger partial charge in [0.1, 0.15) is 11.6 Å². The molecule has 22 heavy (non-hydrogen) atoms. The molecule has 2 heterocycles. The first-order chi connectivity index (χ1) is 10.6. The summed E-state index contributed by atoms with van der Waals surface area (Å²) in [5.74, 6) is 0.357. The van der Waals surface area contributed by atoms with Crippen LogP contribution >= 0.6 is 11.6 Å². The fourth-order valence-electron chi connectivity index (χ4n) is 1.86. The predicted octanol–water partition coefficient (Wildman–Crippen LogP) is 1.95. The minimum Gasteiger partial charge on any atom is -0.475 e. The number of aromatic amines is 1. The number of carbonyl (C=O) groups is 1. The Morgan fingerprint density at radius 1 is 1.41 bits per heavy atom. The van der Waals surface area contributed by atoms with E-state index in [-0.39, 0.29) is 12.6 Å². The molecule has 0 aromatic carbocycles. The lowest BCUT2D eigenvalue weighted by atomic mass is 10.2. The van der Waals surface area contributed by atoms with Crippen LogP contribution in [-0.2, 0) is 6.54 Å². The summed E-state index contributed by atoms with van der Waals surface area (Å²) in [5, 5.41) is 12.9. The van der Waals surface area contributed by atoms with Crippen molar-refractivity contribution in [2.45, 2.75) is 20.4 Å². The van der Waals surface area contributed by atoms with Crippen LogP contribution in [0.2, 0.25) is 5.02 Å². The Morgan fingerprint density at radius 2 is 2.23 bits per heavy atom. The van der Waals surface area contributed by atoms with Crippen LogP contribution in [0.15, 0.2) is 18.3 Å². The normalized spacial score (nSPS) is 10.3. The molecule has 2 aromatic heterocycles. The molecular weight excluding hydrogens is 306 g/mol. The maximum Gasteiger partial charge on any atom is 0.315 e. The van der Waals surface area contributed by atoms with Gasteiger partial charge in [-0.1, -0.05) is 11.6 Å². The van der Waals surface area contributed by atoms with Gasteiger partial charge in [-0.2, -0.15) is 5.10 Å². The number of amides is 2. The molecule has 8 heteroatoms. The fourth-order valence-corrected chi connectivity index (χ4v) is 2.03. The lowest BCUT2D eigenvalue weighted by Crippen LogP contribution is -2.37. The summed E-state index contributed by atoms with van der Waals surface area (Å²) in [7, 11) is 0. The summed E-state index contributed by atoms with van der Waals surface area (Å²) < 4.78 is 5.38. The highest BCUT2D eigenvalue weighted by molar-refractivity contribution is 6.31. The second kappa shape index (κ2) is 7.65. The van der Waals surface area contributed by atoms with Gasteiger partial charge in [0, 0.05) is 24.0 Å². The zero-order valence-corrected chi connectivity index (χ0v) is 13.2. The third-order valence-electron chi connectivity index (χ3n) is 3.06. The fraction of sp³-hybridized carbons (Fsp3) is 0.357. The Hall–Kier alpha value is -2.28. The van der Waals surface area contributed by atoms with E-state index in [0.717, 1.165) is 17.0 Å². The molecule has 0 aliphatic carbocycles. The van der Waals surface area contributed by atoms with Crippen LogP contribution in [-0.4, -0.2) is 34.4 Å². The van der Waals surface area contributed by atoms with Gasteiger partial charge in [0.15, 0.2) is 0 Å².